The Morgan fingerprint density at radius 2 is 1.85 bits per heavy atom. The fourth-order valence-electron chi connectivity index (χ4n) is 1.14. The monoisotopic (exact) mass is 210 g/mol. The highest BCUT2D eigenvalue weighted by Crippen LogP contribution is 2.27. The second-order valence-corrected chi connectivity index (χ2v) is 3.34. The van der Waals surface area contributed by atoms with E-state index >= 15 is 0 Å². The summed E-state index contributed by atoms with van der Waals surface area (Å²) in [6.45, 7) is 0. The van der Waals surface area contributed by atoms with E-state index in [0.717, 1.165) is 5.69 Å². The molecule has 1 nitrogen and oxygen atoms in total. The Balaban J connectivity index is 2.59. The van der Waals surface area contributed by atoms with E-state index in [1.54, 1.807) is 6.07 Å². The molecule has 0 saturated heterocycles. The number of halogens is 2. The van der Waals surface area contributed by atoms with E-state index in [1.807, 2.05) is 35.2 Å². The molecule has 0 aliphatic heterocycles. The van der Waals surface area contributed by atoms with Gasteiger partial charge in [-0.1, -0.05) is 29.3 Å². The average molecular weight is 211 g/mol. The molecule has 0 unspecified atom stereocenters. The highest BCUT2D eigenvalue weighted by molar-refractivity contribution is 6.43. The molecule has 1 radical (unpaired) electrons. The van der Waals surface area contributed by atoms with Gasteiger partial charge >= 0.3 is 0 Å². The third-order valence-electron chi connectivity index (χ3n) is 1.75. The van der Waals surface area contributed by atoms with E-state index in [0.29, 0.717) is 10.0 Å². The average Bonchev–Trinajstić information content (AvgIpc) is 2.62. The van der Waals surface area contributed by atoms with Gasteiger partial charge in [0.25, 0.3) is 0 Å². The lowest BCUT2D eigenvalue weighted by Crippen LogP contribution is -1.90. The molecule has 2 aromatic rings. The van der Waals surface area contributed by atoms with Crippen LogP contribution in [-0.2, 0) is 0 Å². The topological polar surface area (TPSA) is 4.93 Å². The summed E-state index contributed by atoms with van der Waals surface area (Å²) in [7, 11) is 0. The van der Waals surface area contributed by atoms with E-state index in [2.05, 4.69) is 6.07 Å². The summed E-state index contributed by atoms with van der Waals surface area (Å²) >= 11 is 11.8. The minimum atomic E-state index is 0.452. The molecule has 1 aromatic carbocycles. The Morgan fingerprint density at radius 3 is 2.54 bits per heavy atom. The summed E-state index contributed by atoms with van der Waals surface area (Å²) in [5.41, 5.74) is 0.871. The molecule has 65 valence electrons. The van der Waals surface area contributed by atoms with Gasteiger partial charge in [-0.3, -0.25) is 0 Å². The number of rotatable bonds is 1. The molecule has 0 aliphatic rings. The summed E-state index contributed by atoms with van der Waals surface area (Å²) in [6, 6.07) is 10.3. The largest absolute Gasteiger partial charge is 0.322 e. The van der Waals surface area contributed by atoms with Crippen LogP contribution in [0.2, 0.25) is 10.0 Å². The zero-order valence-electron chi connectivity index (χ0n) is 6.67. The van der Waals surface area contributed by atoms with Crippen LogP contribution in [0, 0.1) is 6.07 Å². The van der Waals surface area contributed by atoms with Gasteiger partial charge in [-0.25, -0.2) is 0 Å². The van der Waals surface area contributed by atoms with E-state index in [4.69, 9.17) is 23.2 Å². The van der Waals surface area contributed by atoms with Crippen molar-refractivity contribution in [2.45, 2.75) is 0 Å². The van der Waals surface area contributed by atoms with Crippen molar-refractivity contribution < 1.29 is 0 Å². The van der Waals surface area contributed by atoms with Crippen LogP contribution in [0.1, 0.15) is 0 Å². The first-order valence-electron chi connectivity index (χ1n) is 3.78. The lowest BCUT2D eigenvalue weighted by Gasteiger charge is -2.05. The first kappa shape index (κ1) is 8.67. The van der Waals surface area contributed by atoms with Gasteiger partial charge in [0.15, 0.2) is 0 Å². The SMILES string of the molecule is Clc1[c]ccc(-n2cccc2)c1Cl. The third-order valence-corrected chi connectivity index (χ3v) is 2.53. The summed E-state index contributed by atoms with van der Waals surface area (Å²) < 4.78 is 1.90. The van der Waals surface area contributed by atoms with Gasteiger partial charge < -0.3 is 4.57 Å². The predicted molar refractivity (Wildman–Crippen MR) is 54.6 cm³/mol. The zero-order valence-corrected chi connectivity index (χ0v) is 8.18. The van der Waals surface area contributed by atoms with E-state index < -0.39 is 0 Å². The molecular weight excluding hydrogens is 205 g/mol. The third kappa shape index (κ3) is 1.58. The Labute approximate surface area is 86.5 Å². The van der Waals surface area contributed by atoms with Crippen LogP contribution >= 0.6 is 23.2 Å². The minimum Gasteiger partial charge on any atom is -0.322 e. The number of hydrogen-bond donors (Lipinski definition) is 0. The van der Waals surface area contributed by atoms with E-state index in [9.17, 15) is 0 Å². The molecule has 13 heavy (non-hydrogen) atoms. The fraction of sp³-hybridized carbons (Fsp3) is 0. The molecule has 0 saturated carbocycles. The number of aromatic nitrogens is 1. The summed E-state index contributed by atoms with van der Waals surface area (Å²) in [6.07, 6.45) is 3.83. The minimum absolute atomic E-state index is 0.452. The first-order chi connectivity index (χ1) is 6.29. The standard InChI is InChI=1S/C10H6Cl2N/c11-8-4-3-5-9(10(8)12)13-6-1-2-7-13/h1-3,5-7H. The maximum absolute atomic E-state index is 6.00. The van der Waals surface area contributed by atoms with Crippen LogP contribution in [-0.4, -0.2) is 4.57 Å². The molecule has 0 fully saturated rings. The maximum Gasteiger partial charge on any atom is 0.0838 e. The normalized spacial score (nSPS) is 10.3. The van der Waals surface area contributed by atoms with Gasteiger partial charge in [0.1, 0.15) is 0 Å². The second-order valence-electron chi connectivity index (χ2n) is 2.58. The molecule has 0 aliphatic carbocycles. The molecule has 3 heteroatoms. The van der Waals surface area contributed by atoms with E-state index in [-0.39, 0.29) is 0 Å². The van der Waals surface area contributed by atoms with Gasteiger partial charge in [-0.15, -0.1) is 0 Å². The number of benzene rings is 1. The van der Waals surface area contributed by atoms with Crippen molar-refractivity contribution in [2.24, 2.45) is 0 Å². The van der Waals surface area contributed by atoms with Crippen molar-refractivity contribution in [3.8, 4) is 5.69 Å². The van der Waals surface area contributed by atoms with Gasteiger partial charge in [0.2, 0.25) is 0 Å². The summed E-state index contributed by atoms with van der Waals surface area (Å²) in [5, 5.41) is 0.980. The molecule has 0 amide bonds. The molecule has 0 N–H and O–H groups in total. The molecule has 1 aromatic heterocycles. The van der Waals surface area contributed by atoms with Gasteiger partial charge in [-0.2, -0.15) is 0 Å². The van der Waals surface area contributed by atoms with Crippen LogP contribution in [0.3, 0.4) is 0 Å². The van der Waals surface area contributed by atoms with Crippen LogP contribution < -0.4 is 0 Å². The predicted octanol–water partition coefficient (Wildman–Crippen LogP) is 3.58. The van der Waals surface area contributed by atoms with E-state index in [1.165, 1.54) is 0 Å². The molecule has 1 heterocycles. The van der Waals surface area contributed by atoms with Crippen LogP contribution in [0.5, 0.6) is 0 Å². The Hall–Kier alpha value is -0.920. The fourth-order valence-corrected chi connectivity index (χ4v) is 1.51. The van der Waals surface area contributed by atoms with Crippen molar-refractivity contribution in [3.05, 3.63) is 52.8 Å². The van der Waals surface area contributed by atoms with Crippen molar-refractivity contribution in [1.82, 2.24) is 4.57 Å². The highest BCUT2D eigenvalue weighted by atomic mass is 35.5. The summed E-state index contributed by atoms with van der Waals surface area (Å²) in [5.74, 6) is 0. The van der Waals surface area contributed by atoms with Gasteiger partial charge in [0, 0.05) is 18.5 Å². The number of nitrogens with zero attached hydrogens (tertiary/aromatic N) is 1. The summed E-state index contributed by atoms with van der Waals surface area (Å²) in [4.78, 5) is 0. The quantitative estimate of drug-likeness (QED) is 0.679. The van der Waals surface area contributed by atoms with Crippen molar-refractivity contribution in [1.29, 1.82) is 0 Å². The second kappa shape index (κ2) is 3.44. The molecule has 0 atom stereocenters. The highest BCUT2D eigenvalue weighted by Gasteiger charge is 2.04. The van der Waals surface area contributed by atoms with Crippen molar-refractivity contribution >= 4 is 23.2 Å². The van der Waals surface area contributed by atoms with Crippen molar-refractivity contribution in [2.75, 3.05) is 0 Å². The van der Waals surface area contributed by atoms with Crippen LogP contribution in [0.4, 0.5) is 0 Å². The van der Waals surface area contributed by atoms with Crippen LogP contribution in [0.15, 0.2) is 36.7 Å². The maximum atomic E-state index is 6.00. The Bertz CT molecular complexity index is 407. The van der Waals surface area contributed by atoms with Gasteiger partial charge in [0.05, 0.1) is 15.7 Å². The Morgan fingerprint density at radius 1 is 1.15 bits per heavy atom. The smallest absolute Gasteiger partial charge is 0.0838 e. The number of hydrogen-bond acceptors (Lipinski definition) is 0. The van der Waals surface area contributed by atoms with Crippen molar-refractivity contribution in [3.63, 3.8) is 0 Å². The lowest BCUT2D eigenvalue weighted by molar-refractivity contribution is 1.08. The lowest BCUT2D eigenvalue weighted by atomic mass is 10.3. The first-order valence-corrected chi connectivity index (χ1v) is 4.53. The molecule has 0 spiro atoms. The van der Waals surface area contributed by atoms with Gasteiger partial charge in [-0.05, 0) is 18.2 Å². The molecule has 0 bridgehead atoms. The Kier molecular flexibility index (Phi) is 2.30. The molecular formula is C10H6Cl2N. The zero-order chi connectivity index (χ0) is 9.26. The molecule has 2 rings (SSSR count). The van der Waals surface area contributed by atoms with Crippen LogP contribution in [0.25, 0.3) is 5.69 Å².